The van der Waals surface area contributed by atoms with Crippen molar-refractivity contribution in [2.24, 2.45) is 5.92 Å². The number of rotatable bonds is 2. The molecule has 2 fully saturated rings. The number of carbonyl (C=O) groups excluding carboxylic acids is 1. The Morgan fingerprint density at radius 1 is 1.19 bits per heavy atom. The third-order valence-corrected chi connectivity index (χ3v) is 6.25. The molecule has 4 rings (SSSR count). The molecule has 27 heavy (non-hydrogen) atoms. The van der Waals surface area contributed by atoms with Gasteiger partial charge in [-0.05, 0) is 62.9 Å². The Morgan fingerprint density at radius 2 is 1.96 bits per heavy atom. The van der Waals surface area contributed by atoms with Crippen LogP contribution in [-0.2, 0) is 0 Å². The topological polar surface area (TPSA) is 23.6 Å². The summed E-state index contributed by atoms with van der Waals surface area (Å²) in [6, 6.07) is 14.4. The number of piperidine rings is 1. The van der Waals surface area contributed by atoms with Crippen molar-refractivity contribution in [3.05, 3.63) is 64.9 Å². The van der Waals surface area contributed by atoms with E-state index in [0.29, 0.717) is 35.6 Å². The average molecular weight is 387 g/mol. The summed E-state index contributed by atoms with van der Waals surface area (Å²) in [5.74, 6) is 0.155. The molecule has 2 aliphatic rings. The number of hydrogen-bond donors (Lipinski definition) is 0. The summed E-state index contributed by atoms with van der Waals surface area (Å²) >= 11 is 6.22. The summed E-state index contributed by atoms with van der Waals surface area (Å²) in [6.07, 6.45) is 1.85. The van der Waals surface area contributed by atoms with Crippen molar-refractivity contribution < 1.29 is 9.18 Å². The summed E-state index contributed by atoms with van der Waals surface area (Å²) in [5.41, 5.74) is 1.42. The van der Waals surface area contributed by atoms with Crippen LogP contribution >= 0.6 is 11.6 Å². The minimum atomic E-state index is -0.210. The number of amides is 1. The molecule has 0 spiro atoms. The molecule has 3 nitrogen and oxygen atoms in total. The van der Waals surface area contributed by atoms with Gasteiger partial charge in [-0.1, -0.05) is 29.8 Å². The van der Waals surface area contributed by atoms with Crippen LogP contribution in [0.4, 0.5) is 10.1 Å². The van der Waals surface area contributed by atoms with Crippen molar-refractivity contribution in [3.8, 4) is 0 Å². The fraction of sp³-hybridized carbons (Fsp3) is 0.409. The van der Waals surface area contributed by atoms with Crippen LogP contribution in [0.1, 0.15) is 37.0 Å². The number of fused-ring (bicyclic) bond motifs is 1. The van der Waals surface area contributed by atoms with E-state index in [4.69, 9.17) is 11.6 Å². The lowest BCUT2D eigenvalue weighted by atomic mass is 9.89. The predicted molar refractivity (Wildman–Crippen MR) is 107 cm³/mol. The second-order valence-corrected chi connectivity index (χ2v) is 8.62. The van der Waals surface area contributed by atoms with E-state index >= 15 is 0 Å². The van der Waals surface area contributed by atoms with Gasteiger partial charge in [0.2, 0.25) is 0 Å². The highest BCUT2D eigenvalue weighted by Gasteiger charge is 2.48. The quantitative estimate of drug-likeness (QED) is 0.725. The summed E-state index contributed by atoms with van der Waals surface area (Å²) in [7, 11) is 0. The zero-order valence-corrected chi connectivity index (χ0v) is 16.4. The number of likely N-dealkylation sites (tertiary alicyclic amines) is 1. The van der Waals surface area contributed by atoms with Gasteiger partial charge in [0.1, 0.15) is 5.82 Å². The third kappa shape index (κ3) is 3.31. The van der Waals surface area contributed by atoms with Gasteiger partial charge in [0, 0.05) is 30.4 Å². The Bertz CT molecular complexity index is 869. The van der Waals surface area contributed by atoms with E-state index in [1.807, 2.05) is 23.1 Å². The first-order chi connectivity index (χ1) is 12.9. The Balaban J connectivity index is 1.57. The first-order valence-electron chi connectivity index (χ1n) is 9.45. The molecular formula is C22H24ClFN2O. The van der Waals surface area contributed by atoms with Crippen molar-refractivity contribution in [1.82, 2.24) is 4.90 Å². The standard InChI is InChI=1S/C22H24ClFN2O/c1-22(2)13-15-14-25(21(27)18-8-3-4-9-19(18)23)11-10-20(15)26(22)17-7-5-6-16(24)12-17/h3-9,12,15,20H,10-11,13-14H2,1-2H3/t15-,20+/m1/s1. The maximum atomic E-state index is 13.8. The van der Waals surface area contributed by atoms with E-state index in [0.717, 1.165) is 18.5 Å². The molecule has 2 aromatic carbocycles. The largest absolute Gasteiger partial charge is 0.363 e. The van der Waals surface area contributed by atoms with Crippen molar-refractivity contribution in [3.63, 3.8) is 0 Å². The average Bonchev–Trinajstić information content (AvgIpc) is 2.90. The molecule has 0 saturated carbocycles. The molecule has 142 valence electrons. The molecule has 2 saturated heterocycles. The lowest BCUT2D eigenvalue weighted by molar-refractivity contribution is 0.0667. The summed E-state index contributed by atoms with van der Waals surface area (Å²) < 4.78 is 13.8. The Hall–Kier alpha value is -2.07. The van der Waals surface area contributed by atoms with Crippen molar-refractivity contribution in [1.29, 1.82) is 0 Å². The molecule has 0 radical (unpaired) electrons. The van der Waals surface area contributed by atoms with Crippen LogP contribution in [0.5, 0.6) is 0 Å². The van der Waals surface area contributed by atoms with Crippen LogP contribution in [0.25, 0.3) is 0 Å². The molecule has 5 heteroatoms. The van der Waals surface area contributed by atoms with Crippen LogP contribution in [0.3, 0.4) is 0 Å². The summed E-state index contributed by atoms with van der Waals surface area (Å²) in [6.45, 7) is 5.81. The number of benzene rings is 2. The van der Waals surface area contributed by atoms with Crippen LogP contribution in [0, 0.1) is 11.7 Å². The fourth-order valence-electron chi connectivity index (χ4n) is 4.91. The van der Waals surface area contributed by atoms with Gasteiger partial charge in [-0.3, -0.25) is 4.79 Å². The lowest BCUT2D eigenvalue weighted by Crippen LogP contribution is -2.50. The second kappa shape index (κ2) is 6.83. The van der Waals surface area contributed by atoms with Crippen LogP contribution in [0.15, 0.2) is 48.5 Å². The Kier molecular flexibility index (Phi) is 4.63. The van der Waals surface area contributed by atoms with Crippen molar-refractivity contribution >= 4 is 23.2 Å². The maximum Gasteiger partial charge on any atom is 0.255 e. The SMILES string of the molecule is CC1(C)C[C@@H]2CN(C(=O)c3ccccc3Cl)CC[C@@H]2N1c1cccc(F)c1. The van der Waals surface area contributed by atoms with Gasteiger partial charge < -0.3 is 9.80 Å². The van der Waals surface area contributed by atoms with E-state index in [-0.39, 0.29) is 17.3 Å². The lowest BCUT2D eigenvalue weighted by Gasteiger charge is -2.42. The first kappa shape index (κ1) is 18.3. The monoisotopic (exact) mass is 386 g/mol. The Labute approximate surface area is 164 Å². The number of anilines is 1. The smallest absolute Gasteiger partial charge is 0.255 e. The summed E-state index contributed by atoms with van der Waals surface area (Å²) in [5, 5.41) is 0.498. The molecule has 1 amide bonds. The van der Waals surface area contributed by atoms with Crippen LogP contribution < -0.4 is 4.90 Å². The van der Waals surface area contributed by atoms with Gasteiger partial charge in [0.25, 0.3) is 5.91 Å². The number of carbonyl (C=O) groups is 1. The highest BCUT2D eigenvalue weighted by atomic mass is 35.5. The van der Waals surface area contributed by atoms with Gasteiger partial charge in [-0.2, -0.15) is 0 Å². The number of nitrogens with zero attached hydrogens (tertiary/aromatic N) is 2. The second-order valence-electron chi connectivity index (χ2n) is 8.21. The minimum Gasteiger partial charge on any atom is -0.363 e. The van der Waals surface area contributed by atoms with Gasteiger partial charge in [0.05, 0.1) is 10.6 Å². The zero-order valence-electron chi connectivity index (χ0n) is 15.7. The van der Waals surface area contributed by atoms with Gasteiger partial charge in [-0.15, -0.1) is 0 Å². The van der Waals surface area contributed by atoms with E-state index in [9.17, 15) is 9.18 Å². The first-order valence-corrected chi connectivity index (χ1v) is 9.83. The van der Waals surface area contributed by atoms with Gasteiger partial charge in [-0.25, -0.2) is 4.39 Å². The molecule has 2 aromatic rings. The molecule has 2 aliphatic heterocycles. The normalized spacial score (nSPS) is 24.0. The van der Waals surface area contributed by atoms with E-state index in [1.54, 1.807) is 24.3 Å². The molecule has 0 bridgehead atoms. The Morgan fingerprint density at radius 3 is 2.70 bits per heavy atom. The molecular weight excluding hydrogens is 363 g/mol. The van der Waals surface area contributed by atoms with Crippen molar-refractivity contribution in [2.75, 3.05) is 18.0 Å². The van der Waals surface area contributed by atoms with Crippen molar-refractivity contribution in [2.45, 2.75) is 38.3 Å². The zero-order chi connectivity index (χ0) is 19.2. The predicted octanol–water partition coefficient (Wildman–Crippen LogP) is 5.00. The number of halogens is 2. The van der Waals surface area contributed by atoms with E-state index < -0.39 is 0 Å². The highest BCUT2D eigenvalue weighted by Crippen LogP contribution is 2.45. The van der Waals surface area contributed by atoms with Gasteiger partial charge in [0.15, 0.2) is 0 Å². The molecule has 0 aromatic heterocycles. The van der Waals surface area contributed by atoms with Gasteiger partial charge >= 0.3 is 0 Å². The molecule has 0 aliphatic carbocycles. The molecule has 0 unspecified atom stereocenters. The molecule has 2 heterocycles. The van der Waals surface area contributed by atoms with E-state index in [1.165, 1.54) is 6.07 Å². The number of hydrogen-bond acceptors (Lipinski definition) is 2. The van der Waals surface area contributed by atoms with Crippen LogP contribution in [-0.4, -0.2) is 35.5 Å². The maximum absolute atomic E-state index is 13.8. The fourth-order valence-corrected chi connectivity index (χ4v) is 5.12. The highest BCUT2D eigenvalue weighted by molar-refractivity contribution is 6.33. The molecule has 0 N–H and O–H groups in total. The van der Waals surface area contributed by atoms with Crippen LogP contribution in [0.2, 0.25) is 5.02 Å². The minimum absolute atomic E-state index is 0.000983. The molecule has 2 atom stereocenters. The van der Waals surface area contributed by atoms with E-state index in [2.05, 4.69) is 18.7 Å². The third-order valence-electron chi connectivity index (χ3n) is 5.92. The summed E-state index contributed by atoms with van der Waals surface area (Å²) in [4.78, 5) is 17.2.